The van der Waals surface area contributed by atoms with E-state index in [1.807, 2.05) is 19.9 Å². The smallest absolute Gasteiger partial charge is 0.309 e. The van der Waals surface area contributed by atoms with E-state index in [2.05, 4.69) is 0 Å². The van der Waals surface area contributed by atoms with Crippen molar-refractivity contribution in [3.63, 3.8) is 0 Å². The minimum atomic E-state index is -3.57. The number of aryl methyl sites for hydroxylation is 2. The zero-order valence-corrected chi connectivity index (χ0v) is 18.7. The molecule has 8 heteroatoms. The zero-order chi connectivity index (χ0) is 21.7. The Hall–Kier alpha value is -1.93. The number of hydrogen-bond acceptors (Lipinski definition) is 5. The summed E-state index contributed by atoms with van der Waals surface area (Å²) in [5.41, 5.74) is 1.98. The van der Waals surface area contributed by atoms with Crippen molar-refractivity contribution in [2.75, 3.05) is 32.8 Å². The lowest BCUT2D eigenvalue weighted by Crippen LogP contribution is -2.41. The minimum absolute atomic E-state index is 0.139. The van der Waals surface area contributed by atoms with E-state index < -0.39 is 16.0 Å². The Bertz CT molecular complexity index is 868. The Kier molecular flexibility index (Phi) is 7.52. The molecule has 0 aliphatic carbocycles. The van der Waals surface area contributed by atoms with Gasteiger partial charge in [-0.15, -0.1) is 0 Å². The first-order valence-corrected chi connectivity index (χ1v) is 12.2. The van der Waals surface area contributed by atoms with E-state index in [0.29, 0.717) is 12.8 Å². The third-order valence-electron chi connectivity index (χ3n) is 6.20. The maximum Gasteiger partial charge on any atom is 0.309 e. The Morgan fingerprint density at radius 1 is 0.967 bits per heavy atom. The fraction of sp³-hybridized carbons (Fsp3) is 0.636. The van der Waals surface area contributed by atoms with Crippen molar-refractivity contribution >= 4 is 21.9 Å². The predicted molar refractivity (Wildman–Crippen MR) is 113 cm³/mol. The van der Waals surface area contributed by atoms with Gasteiger partial charge in [0, 0.05) is 26.2 Å². The number of ether oxygens (including phenoxy) is 1. The van der Waals surface area contributed by atoms with Crippen molar-refractivity contribution in [3.8, 4) is 0 Å². The molecule has 2 saturated heterocycles. The Morgan fingerprint density at radius 2 is 1.60 bits per heavy atom. The average molecular weight is 437 g/mol. The number of carbonyl (C=O) groups is 2. The number of rotatable bonds is 5. The van der Waals surface area contributed by atoms with Gasteiger partial charge in [0.25, 0.3) is 5.91 Å². The van der Waals surface area contributed by atoms with Crippen LogP contribution in [0.1, 0.15) is 49.7 Å². The zero-order valence-electron chi connectivity index (χ0n) is 17.9. The molecule has 0 radical (unpaired) electrons. The molecule has 2 aliphatic rings. The second-order valence-corrected chi connectivity index (χ2v) is 10.3. The lowest BCUT2D eigenvalue weighted by atomic mass is 9.98. The molecule has 1 amide bonds. The summed E-state index contributed by atoms with van der Waals surface area (Å²) in [5, 5.41) is 0. The second kappa shape index (κ2) is 9.92. The van der Waals surface area contributed by atoms with E-state index in [4.69, 9.17) is 4.74 Å². The number of likely N-dealkylation sites (tertiary alicyclic amines) is 1. The fourth-order valence-electron chi connectivity index (χ4n) is 4.02. The minimum Gasteiger partial charge on any atom is -0.455 e. The van der Waals surface area contributed by atoms with Crippen molar-refractivity contribution in [1.29, 1.82) is 0 Å². The maximum atomic E-state index is 12.9. The van der Waals surface area contributed by atoms with Gasteiger partial charge in [-0.25, -0.2) is 8.42 Å². The van der Waals surface area contributed by atoms with Gasteiger partial charge in [-0.05, 0) is 62.8 Å². The molecule has 0 atom stereocenters. The van der Waals surface area contributed by atoms with Crippen LogP contribution in [0.15, 0.2) is 23.1 Å². The van der Waals surface area contributed by atoms with E-state index in [1.165, 1.54) is 4.31 Å². The highest BCUT2D eigenvalue weighted by Gasteiger charge is 2.33. The van der Waals surface area contributed by atoms with Crippen LogP contribution in [0.5, 0.6) is 0 Å². The predicted octanol–water partition coefficient (Wildman–Crippen LogP) is 2.65. The third-order valence-corrected chi connectivity index (χ3v) is 8.09. The highest BCUT2D eigenvalue weighted by molar-refractivity contribution is 7.89. The first-order chi connectivity index (χ1) is 14.3. The van der Waals surface area contributed by atoms with Gasteiger partial charge in [-0.2, -0.15) is 4.31 Å². The van der Waals surface area contributed by atoms with Gasteiger partial charge in [0.15, 0.2) is 6.61 Å². The van der Waals surface area contributed by atoms with Crippen LogP contribution < -0.4 is 0 Å². The monoisotopic (exact) mass is 436 g/mol. The summed E-state index contributed by atoms with van der Waals surface area (Å²) in [6.07, 6.45) is 5.06. The van der Waals surface area contributed by atoms with Gasteiger partial charge in [-0.3, -0.25) is 9.59 Å². The van der Waals surface area contributed by atoms with Gasteiger partial charge >= 0.3 is 5.97 Å². The maximum absolute atomic E-state index is 12.9. The molecule has 1 aromatic rings. The quantitative estimate of drug-likeness (QED) is 0.663. The Labute approximate surface area is 179 Å². The van der Waals surface area contributed by atoms with Crippen LogP contribution in [0, 0.1) is 19.8 Å². The highest BCUT2D eigenvalue weighted by atomic mass is 32.2. The molecule has 0 spiro atoms. The summed E-state index contributed by atoms with van der Waals surface area (Å²) >= 11 is 0. The van der Waals surface area contributed by atoms with Crippen LogP contribution in [0.25, 0.3) is 0 Å². The van der Waals surface area contributed by atoms with E-state index >= 15 is 0 Å². The van der Waals surface area contributed by atoms with E-state index in [9.17, 15) is 18.0 Å². The van der Waals surface area contributed by atoms with Crippen molar-refractivity contribution < 1.29 is 22.7 Å². The molecule has 2 aliphatic heterocycles. The lowest BCUT2D eigenvalue weighted by molar-refractivity contribution is -0.156. The number of nitrogens with zero attached hydrogens (tertiary/aromatic N) is 2. The molecule has 7 nitrogen and oxygen atoms in total. The van der Waals surface area contributed by atoms with Crippen LogP contribution in [-0.2, 0) is 24.3 Å². The molecular formula is C22H32N2O5S. The van der Waals surface area contributed by atoms with Crippen LogP contribution in [0.4, 0.5) is 0 Å². The summed E-state index contributed by atoms with van der Waals surface area (Å²) in [5.74, 6) is -0.908. The van der Waals surface area contributed by atoms with Gasteiger partial charge in [0.2, 0.25) is 10.0 Å². The van der Waals surface area contributed by atoms with Gasteiger partial charge in [0.05, 0.1) is 10.8 Å². The van der Waals surface area contributed by atoms with E-state index in [-0.39, 0.29) is 36.4 Å². The first kappa shape index (κ1) is 22.7. The number of hydrogen-bond donors (Lipinski definition) is 0. The molecule has 1 aromatic carbocycles. The largest absolute Gasteiger partial charge is 0.455 e. The first-order valence-electron chi connectivity index (χ1n) is 10.8. The van der Waals surface area contributed by atoms with Crippen molar-refractivity contribution in [1.82, 2.24) is 9.21 Å². The number of sulfonamides is 1. The normalized spacial score (nSPS) is 19.3. The molecular weight excluding hydrogens is 404 g/mol. The topological polar surface area (TPSA) is 84.0 Å². The Balaban J connectivity index is 1.50. The summed E-state index contributed by atoms with van der Waals surface area (Å²) in [6, 6.07) is 5.14. The van der Waals surface area contributed by atoms with Crippen molar-refractivity contribution in [2.24, 2.45) is 5.92 Å². The average Bonchev–Trinajstić information content (AvgIpc) is 3.03. The van der Waals surface area contributed by atoms with E-state index in [1.54, 1.807) is 17.0 Å². The van der Waals surface area contributed by atoms with Gasteiger partial charge < -0.3 is 9.64 Å². The molecule has 3 rings (SSSR count). The SMILES string of the molecule is Cc1ccc(S(=O)(=O)N2CCC(C(=O)OCC(=O)N3CCCCCC3)CC2)cc1C. The third kappa shape index (κ3) is 5.40. The number of piperidine rings is 1. The molecule has 0 bridgehead atoms. The molecule has 2 fully saturated rings. The molecule has 2 heterocycles. The number of benzene rings is 1. The van der Waals surface area contributed by atoms with Crippen molar-refractivity contribution in [3.05, 3.63) is 29.3 Å². The number of carbonyl (C=O) groups excluding carboxylic acids is 2. The van der Waals surface area contributed by atoms with Crippen LogP contribution in [-0.4, -0.2) is 62.3 Å². The molecule has 0 N–H and O–H groups in total. The molecule has 0 aromatic heterocycles. The fourth-order valence-corrected chi connectivity index (χ4v) is 5.57. The van der Waals surface area contributed by atoms with Gasteiger partial charge in [0.1, 0.15) is 0 Å². The van der Waals surface area contributed by atoms with Crippen LogP contribution in [0.3, 0.4) is 0 Å². The molecule has 166 valence electrons. The number of amides is 1. The van der Waals surface area contributed by atoms with E-state index in [0.717, 1.165) is 49.9 Å². The summed E-state index contributed by atoms with van der Waals surface area (Å²) in [6.45, 7) is 5.62. The standard InChI is InChI=1S/C22H32N2O5S/c1-17-7-8-20(15-18(17)2)30(27,28)24-13-9-19(10-14-24)22(26)29-16-21(25)23-11-5-3-4-6-12-23/h7-8,15,19H,3-6,9-14,16H2,1-2H3. The lowest BCUT2D eigenvalue weighted by Gasteiger charge is -2.30. The summed E-state index contributed by atoms with van der Waals surface area (Å²) < 4.78 is 32.5. The molecule has 0 unspecified atom stereocenters. The number of esters is 1. The summed E-state index contributed by atoms with van der Waals surface area (Å²) in [4.78, 5) is 26.8. The molecule has 30 heavy (non-hydrogen) atoms. The second-order valence-electron chi connectivity index (χ2n) is 8.33. The van der Waals surface area contributed by atoms with Gasteiger partial charge in [-0.1, -0.05) is 18.9 Å². The Morgan fingerprint density at radius 3 is 2.20 bits per heavy atom. The van der Waals surface area contributed by atoms with Crippen molar-refractivity contribution in [2.45, 2.75) is 57.3 Å². The summed E-state index contributed by atoms with van der Waals surface area (Å²) in [7, 11) is -3.57. The molecule has 0 saturated carbocycles. The highest BCUT2D eigenvalue weighted by Crippen LogP contribution is 2.25. The van der Waals surface area contributed by atoms with Crippen LogP contribution in [0.2, 0.25) is 0 Å². The van der Waals surface area contributed by atoms with Crippen LogP contribution >= 0.6 is 0 Å².